The minimum absolute atomic E-state index is 0.156. The van der Waals surface area contributed by atoms with Gasteiger partial charge in [0.2, 0.25) is 5.88 Å². The second-order valence-corrected chi connectivity index (χ2v) is 9.00. The van der Waals surface area contributed by atoms with E-state index in [2.05, 4.69) is 14.7 Å². The molecule has 8 heteroatoms. The Hall–Kier alpha value is -3.16. The largest absolute Gasteiger partial charge is 0.436 e. The van der Waals surface area contributed by atoms with Crippen molar-refractivity contribution in [2.24, 2.45) is 0 Å². The van der Waals surface area contributed by atoms with Crippen LogP contribution in [0.25, 0.3) is 10.9 Å². The first-order chi connectivity index (χ1) is 14.3. The number of fused-ring (bicyclic) bond motifs is 1. The standard InChI is InChI=1S/C22H18ClN3O3S/c1-14-7-15(2)9-19(8-14)30(27,28)26-17-11-20(23)22(25-12-17)29-18-10-16-5-3-4-6-21(16)24-13-18/h3-13,26H,1-2H3. The molecule has 4 aromatic rings. The first-order valence-corrected chi connectivity index (χ1v) is 11.0. The molecule has 0 aliphatic carbocycles. The van der Waals surface area contributed by atoms with Gasteiger partial charge in [-0.3, -0.25) is 9.71 Å². The van der Waals surface area contributed by atoms with Gasteiger partial charge < -0.3 is 4.74 Å². The smallest absolute Gasteiger partial charge is 0.261 e. The number of benzene rings is 2. The van der Waals surface area contributed by atoms with Crippen LogP contribution in [0.1, 0.15) is 11.1 Å². The van der Waals surface area contributed by atoms with Crippen LogP contribution in [0.3, 0.4) is 0 Å². The van der Waals surface area contributed by atoms with Gasteiger partial charge in [0.15, 0.2) is 0 Å². The van der Waals surface area contributed by atoms with Crippen molar-refractivity contribution in [1.82, 2.24) is 9.97 Å². The van der Waals surface area contributed by atoms with Crippen LogP contribution in [0.4, 0.5) is 5.69 Å². The lowest BCUT2D eigenvalue weighted by atomic mass is 10.2. The van der Waals surface area contributed by atoms with E-state index in [9.17, 15) is 8.42 Å². The van der Waals surface area contributed by atoms with Gasteiger partial charge in [0, 0.05) is 5.39 Å². The van der Waals surface area contributed by atoms with Crippen molar-refractivity contribution in [2.45, 2.75) is 18.7 Å². The second kappa shape index (κ2) is 7.93. The summed E-state index contributed by atoms with van der Waals surface area (Å²) < 4.78 is 33.6. The average molecular weight is 440 g/mol. The molecule has 2 heterocycles. The molecular formula is C22H18ClN3O3S. The molecule has 0 aliphatic rings. The average Bonchev–Trinajstić information content (AvgIpc) is 2.69. The molecule has 0 saturated heterocycles. The van der Waals surface area contributed by atoms with E-state index >= 15 is 0 Å². The Bertz CT molecular complexity index is 1340. The van der Waals surface area contributed by atoms with E-state index in [4.69, 9.17) is 16.3 Å². The third-order valence-electron chi connectivity index (χ3n) is 4.35. The minimum atomic E-state index is -3.77. The van der Waals surface area contributed by atoms with Gasteiger partial charge >= 0.3 is 0 Å². The zero-order valence-corrected chi connectivity index (χ0v) is 17.8. The van der Waals surface area contributed by atoms with Crippen LogP contribution in [-0.2, 0) is 10.0 Å². The van der Waals surface area contributed by atoms with Crippen molar-refractivity contribution < 1.29 is 13.2 Å². The van der Waals surface area contributed by atoms with E-state index in [1.54, 1.807) is 18.3 Å². The molecule has 0 atom stereocenters. The highest BCUT2D eigenvalue weighted by atomic mass is 35.5. The van der Waals surface area contributed by atoms with Crippen LogP contribution >= 0.6 is 11.6 Å². The summed E-state index contributed by atoms with van der Waals surface area (Å²) in [6, 6.07) is 16.1. The molecule has 0 unspecified atom stereocenters. The van der Waals surface area contributed by atoms with Crippen LogP contribution in [0.15, 0.2) is 71.9 Å². The lowest BCUT2D eigenvalue weighted by molar-refractivity contribution is 0.462. The monoisotopic (exact) mass is 439 g/mol. The SMILES string of the molecule is Cc1cc(C)cc(S(=O)(=O)Nc2cnc(Oc3cnc4ccccc4c3)c(Cl)c2)c1. The molecule has 2 aromatic carbocycles. The summed E-state index contributed by atoms with van der Waals surface area (Å²) in [5.41, 5.74) is 2.81. The van der Waals surface area contributed by atoms with Crippen molar-refractivity contribution in [3.63, 3.8) is 0 Å². The van der Waals surface area contributed by atoms with Gasteiger partial charge in [0.05, 0.1) is 28.5 Å². The van der Waals surface area contributed by atoms with Crippen LogP contribution in [0.2, 0.25) is 5.02 Å². The molecule has 0 spiro atoms. The Labute approximate surface area is 179 Å². The van der Waals surface area contributed by atoms with Gasteiger partial charge in [-0.25, -0.2) is 13.4 Å². The first kappa shape index (κ1) is 20.1. The molecule has 0 radical (unpaired) electrons. The van der Waals surface area contributed by atoms with Crippen molar-refractivity contribution >= 4 is 38.2 Å². The Morgan fingerprint density at radius 3 is 2.40 bits per heavy atom. The zero-order chi connectivity index (χ0) is 21.3. The summed E-state index contributed by atoms with van der Waals surface area (Å²) in [6.45, 7) is 3.69. The number of para-hydroxylation sites is 1. The molecule has 4 rings (SSSR count). The summed E-state index contributed by atoms with van der Waals surface area (Å²) in [7, 11) is -3.77. The fourth-order valence-corrected chi connectivity index (χ4v) is 4.50. The summed E-state index contributed by atoms with van der Waals surface area (Å²) in [5, 5.41) is 1.09. The highest BCUT2D eigenvalue weighted by molar-refractivity contribution is 7.92. The van der Waals surface area contributed by atoms with Gasteiger partial charge in [-0.15, -0.1) is 0 Å². The first-order valence-electron chi connectivity index (χ1n) is 9.09. The quantitative estimate of drug-likeness (QED) is 0.444. The number of pyridine rings is 2. The Balaban J connectivity index is 1.56. The molecule has 2 aromatic heterocycles. The Morgan fingerprint density at radius 1 is 0.933 bits per heavy atom. The van der Waals surface area contributed by atoms with Gasteiger partial charge in [0.1, 0.15) is 10.8 Å². The van der Waals surface area contributed by atoms with Crippen LogP contribution in [0, 0.1) is 13.8 Å². The van der Waals surface area contributed by atoms with E-state index in [0.717, 1.165) is 22.0 Å². The molecule has 152 valence electrons. The number of hydrogen-bond donors (Lipinski definition) is 1. The molecule has 0 amide bonds. The molecule has 0 aliphatic heterocycles. The molecule has 6 nitrogen and oxygen atoms in total. The van der Waals surface area contributed by atoms with Crippen molar-refractivity contribution in [3.05, 3.63) is 83.1 Å². The van der Waals surface area contributed by atoms with Gasteiger partial charge in [-0.05, 0) is 55.3 Å². The van der Waals surface area contributed by atoms with Crippen molar-refractivity contribution in [1.29, 1.82) is 0 Å². The number of halogens is 1. The van der Waals surface area contributed by atoms with E-state index < -0.39 is 10.0 Å². The highest BCUT2D eigenvalue weighted by Gasteiger charge is 2.17. The number of nitrogens with one attached hydrogen (secondary N) is 1. The molecule has 1 N–H and O–H groups in total. The van der Waals surface area contributed by atoms with E-state index in [-0.39, 0.29) is 21.5 Å². The minimum Gasteiger partial charge on any atom is -0.436 e. The predicted molar refractivity (Wildman–Crippen MR) is 118 cm³/mol. The van der Waals surface area contributed by atoms with Gasteiger partial charge in [-0.1, -0.05) is 35.9 Å². The number of hydrogen-bond acceptors (Lipinski definition) is 5. The fourth-order valence-electron chi connectivity index (χ4n) is 3.08. The Morgan fingerprint density at radius 2 is 1.67 bits per heavy atom. The normalized spacial score (nSPS) is 11.4. The number of rotatable bonds is 5. The maximum atomic E-state index is 12.7. The predicted octanol–water partition coefficient (Wildman–Crippen LogP) is 5.49. The maximum absolute atomic E-state index is 12.7. The summed E-state index contributed by atoms with van der Waals surface area (Å²) in [5.74, 6) is 0.634. The third kappa shape index (κ3) is 4.37. The number of anilines is 1. The summed E-state index contributed by atoms with van der Waals surface area (Å²) >= 11 is 6.28. The fraction of sp³-hybridized carbons (Fsp3) is 0.0909. The number of aryl methyl sites for hydroxylation is 2. The molecular weight excluding hydrogens is 422 g/mol. The molecule has 0 bridgehead atoms. The summed E-state index contributed by atoms with van der Waals surface area (Å²) in [6.07, 6.45) is 2.94. The van der Waals surface area contributed by atoms with Crippen molar-refractivity contribution in [2.75, 3.05) is 4.72 Å². The van der Waals surface area contributed by atoms with Gasteiger partial charge in [-0.2, -0.15) is 0 Å². The summed E-state index contributed by atoms with van der Waals surface area (Å²) in [4.78, 5) is 8.67. The zero-order valence-electron chi connectivity index (χ0n) is 16.3. The number of nitrogens with zero attached hydrogens (tertiary/aromatic N) is 2. The second-order valence-electron chi connectivity index (χ2n) is 6.91. The van der Waals surface area contributed by atoms with Crippen LogP contribution in [0.5, 0.6) is 11.6 Å². The third-order valence-corrected chi connectivity index (χ3v) is 5.98. The number of ether oxygens (including phenoxy) is 1. The van der Waals surface area contributed by atoms with Crippen LogP contribution in [-0.4, -0.2) is 18.4 Å². The topological polar surface area (TPSA) is 81.2 Å². The molecule has 30 heavy (non-hydrogen) atoms. The molecule has 0 fully saturated rings. The molecule has 0 saturated carbocycles. The van der Waals surface area contributed by atoms with E-state index in [1.165, 1.54) is 12.3 Å². The van der Waals surface area contributed by atoms with E-state index in [0.29, 0.717) is 5.75 Å². The maximum Gasteiger partial charge on any atom is 0.261 e. The number of sulfonamides is 1. The van der Waals surface area contributed by atoms with Gasteiger partial charge in [0.25, 0.3) is 10.0 Å². The van der Waals surface area contributed by atoms with E-state index in [1.807, 2.05) is 50.2 Å². The lowest BCUT2D eigenvalue weighted by Crippen LogP contribution is -2.13. The van der Waals surface area contributed by atoms with Crippen LogP contribution < -0.4 is 9.46 Å². The van der Waals surface area contributed by atoms with Crippen molar-refractivity contribution in [3.8, 4) is 11.6 Å². The number of aromatic nitrogens is 2. The highest BCUT2D eigenvalue weighted by Crippen LogP contribution is 2.31. The lowest BCUT2D eigenvalue weighted by Gasteiger charge is -2.11. The Kier molecular flexibility index (Phi) is 5.32.